The molecule has 0 spiro atoms. The Balaban J connectivity index is 1.29. The van der Waals surface area contributed by atoms with Crippen LogP contribution >= 0.6 is 23.2 Å². The fourth-order valence-electron chi connectivity index (χ4n) is 4.21. The molecule has 8 nitrogen and oxygen atoms in total. The van der Waals surface area contributed by atoms with E-state index in [1.54, 1.807) is 12.1 Å². The minimum atomic E-state index is -0.425. The lowest BCUT2D eigenvalue weighted by Gasteiger charge is -2.26. The Kier molecular flexibility index (Phi) is 7.38. The maximum absolute atomic E-state index is 13.0. The van der Waals surface area contributed by atoms with Gasteiger partial charge in [0.05, 0.1) is 28.8 Å². The summed E-state index contributed by atoms with van der Waals surface area (Å²) in [6.07, 6.45) is 2.63. The van der Waals surface area contributed by atoms with Crippen molar-refractivity contribution in [1.82, 2.24) is 20.1 Å². The number of anilines is 1. The molecule has 5 rings (SSSR count). The molecule has 1 saturated heterocycles. The second kappa shape index (κ2) is 10.8. The average Bonchev–Trinajstić information content (AvgIpc) is 3.29. The number of H-pyrrole nitrogens is 1. The van der Waals surface area contributed by atoms with Crippen LogP contribution in [0.5, 0.6) is 5.75 Å². The molecule has 0 saturated carbocycles. The molecule has 1 fully saturated rings. The number of nitrogens with zero attached hydrogens (tertiary/aromatic N) is 3. The first kappa shape index (κ1) is 24.5. The van der Waals surface area contributed by atoms with Gasteiger partial charge in [0.25, 0.3) is 5.91 Å². The summed E-state index contributed by atoms with van der Waals surface area (Å²) in [7, 11) is 0. The SMILES string of the molecule is CC(Oc1ccc2[nH]nc(C(=O)Nc3ccc(CN4CCOCC4)cc3)c2c1)c1c(Cl)cncc1Cl. The summed E-state index contributed by atoms with van der Waals surface area (Å²) in [4.78, 5) is 19.4. The molecule has 1 amide bonds. The Labute approximate surface area is 218 Å². The van der Waals surface area contributed by atoms with E-state index in [1.165, 1.54) is 18.0 Å². The number of aromatic nitrogens is 3. The van der Waals surface area contributed by atoms with Gasteiger partial charge >= 0.3 is 0 Å². The molecule has 1 atom stereocenters. The molecule has 4 aromatic rings. The molecule has 2 aromatic carbocycles. The van der Waals surface area contributed by atoms with Crippen LogP contribution in [0.15, 0.2) is 54.9 Å². The average molecular weight is 526 g/mol. The van der Waals surface area contributed by atoms with E-state index >= 15 is 0 Å². The molecule has 2 aromatic heterocycles. The predicted molar refractivity (Wildman–Crippen MR) is 140 cm³/mol. The van der Waals surface area contributed by atoms with E-state index in [4.69, 9.17) is 32.7 Å². The van der Waals surface area contributed by atoms with Crippen LogP contribution < -0.4 is 10.1 Å². The maximum atomic E-state index is 13.0. The zero-order chi connectivity index (χ0) is 25.1. The van der Waals surface area contributed by atoms with Crippen molar-refractivity contribution in [2.24, 2.45) is 0 Å². The molecular weight excluding hydrogens is 501 g/mol. The highest BCUT2D eigenvalue weighted by molar-refractivity contribution is 6.35. The van der Waals surface area contributed by atoms with E-state index in [0.29, 0.717) is 32.4 Å². The van der Waals surface area contributed by atoms with Crippen molar-refractivity contribution >= 4 is 45.7 Å². The molecule has 0 radical (unpaired) electrons. The van der Waals surface area contributed by atoms with Crippen molar-refractivity contribution in [1.29, 1.82) is 0 Å². The third kappa shape index (κ3) is 5.47. The van der Waals surface area contributed by atoms with Crippen LogP contribution in [0, 0.1) is 0 Å². The normalized spacial score (nSPS) is 15.1. The van der Waals surface area contributed by atoms with Gasteiger partial charge in [-0.25, -0.2) is 0 Å². The third-order valence-corrected chi connectivity index (χ3v) is 6.68. The summed E-state index contributed by atoms with van der Waals surface area (Å²) < 4.78 is 11.5. The van der Waals surface area contributed by atoms with Crippen molar-refractivity contribution in [2.45, 2.75) is 19.6 Å². The molecule has 3 heterocycles. The third-order valence-electron chi connectivity index (χ3n) is 6.08. The number of amides is 1. The smallest absolute Gasteiger partial charge is 0.276 e. The number of nitrogens with one attached hydrogen (secondary N) is 2. The van der Waals surface area contributed by atoms with Gasteiger partial charge in [0, 0.05) is 48.7 Å². The number of carbonyl (C=O) groups excluding carboxylic acids is 1. The Morgan fingerprint density at radius 2 is 1.86 bits per heavy atom. The van der Waals surface area contributed by atoms with Crippen molar-refractivity contribution < 1.29 is 14.3 Å². The fourth-order valence-corrected chi connectivity index (χ4v) is 4.89. The first-order valence-electron chi connectivity index (χ1n) is 11.6. The van der Waals surface area contributed by atoms with E-state index in [1.807, 2.05) is 37.3 Å². The van der Waals surface area contributed by atoms with Gasteiger partial charge in [0.15, 0.2) is 5.69 Å². The molecule has 1 unspecified atom stereocenters. The molecule has 0 bridgehead atoms. The number of benzene rings is 2. The quantitative estimate of drug-likeness (QED) is 0.331. The molecule has 36 heavy (non-hydrogen) atoms. The highest BCUT2D eigenvalue weighted by Gasteiger charge is 2.19. The molecule has 186 valence electrons. The van der Waals surface area contributed by atoms with Gasteiger partial charge in [0.2, 0.25) is 0 Å². The number of ether oxygens (including phenoxy) is 2. The zero-order valence-electron chi connectivity index (χ0n) is 19.6. The molecule has 1 aliphatic rings. The number of morpholine rings is 1. The van der Waals surface area contributed by atoms with E-state index in [-0.39, 0.29) is 11.6 Å². The number of halogens is 2. The Morgan fingerprint density at radius 1 is 1.14 bits per heavy atom. The summed E-state index contributed by atoms with van der Waals surface area (Å²) in [5, 5.41) is 11.6. The van der Waals surface area contributed by atoms with Gasteiger partial charge in [-0.05, 0) is 42.8 Å². The number of aromatic amines is 1. The van der Waals surface area contributed by atoms with Gasteiger partial charge < -0.3 is 14.8 Å². The van der Waals surface area contributed by atoms with Gasteiger partial charge in [-0.1, -0.05) is 35.3 Å². The van der Waals surface area contributed by atoms with E-state index in [2.05, 4.69) is 25.4 Å². The largest absolute Gasteiger partial charge is 0.486 e. The van der Waals surface area contributed by atoms with Gasteiger partial charge in [0.1, 0.15) is 11.9 Å². The number of rotatable bonds is 7. The standard InChI is InChI=1S/C26H25Cl2N5O3/c1-16(24-21(27)13-29-14-22(24)28)36-19-6-7-23-20(12-19)25(32-31-23)26(34)30-18-4-2-17(3-5-18)15-33-8-10-35-11-9-33/h2-7,12-14,16H,8-11,15H2,1H3,(H,30,34)(H,31,32). The number of fused-ring (bicyclic) bond motifs is 1. The van der Waals surface area contributed by atoms with Crippen molar-refractivity contribution in [3.63, 3.8) is 0 Å². The number of pyridine rings is 1. The predicted octanol–water partition coefficient (Wildman–Crippen LogP) is 5.49. The van der Waals surface area contributed by atoms with Crippen LogP contribution in [0.25, 0.3) is 10.9 Å². The number of carbonyl (C=O) groups is 1. The highest BCUT2D eigenvalue weighted by atomic mass is 35.5. The van der Waals surface area contributed by atoms with Crippen molar-refractivity contribution in [3.8, 4) is 5.75 Å². The summed E-state index contributed by atoms with van der Waals surface area (Å²) in [6.45, 7) is 6.10. The van der Waals surface area contributed by atoms with Crippen molar-refractivity contribution in [2.75, 3.05) is 31.6 Å². The summed E-state index contributed by atoms with van der Waals surface area (Å²) in [5.41, 5.74) is 3.53. The molecule has 1 aliphatic heterocycles. The van der Waals surface area contributed by atoms with Gasteiger partial charge in [-0.15, -0.1) is 0 Å². The molecular formula is C26H25Cl2N5O3. The van der Waals surface area contributed by atoms with E-state index in [0.717, 1.165) is 38.4 Å². The number of hydrogen-bond donors (Lipinski definition) is 2. The van der Waals surface area contributed by atoms with Crippen LogP contribution in [0.1, 0.15) is 34.6 Å². The van der Waals surface area contributed by atoms with Crippen LogP contribution in [0.3, 0.4) is 0 Å². The van der Waals surface area contributed by atoms with E-state index < -0.39 is 6.10 Å². The van der Waals surface area contributed by atoms with Crippen LogP contribution in [0.2, 0.25) is 10.0 Å². The minimum absolute atomic E-state index is 0.278. The Morgan fingerprint density at radius 3 is 2.58 bits per heavy atom. The molecule has 0 aliphatic carbocycles. The summed E-state index contributed by atoms with van der Waals surface area (Å²) in [6, 6.07) is 13.2. The van der Waals surface area contributed by atoms with Gasteiger partial charge in [-0.2, -0.15) is 5.10 Å². The number of hydrogen-bond acceptors (Lipinski definition) is 6. The Bertz CT molecular complexity index is 1350. The summed E-state index contributed by atoms with van der Waals surface area (Å²) >= 11 is 12.5. The topological polar surface area (TPSA) is 92.4 Å². The van der Waals surface area contributed by atoms with Crippen molar-refractivity contribution in [3.05, 3.63) is 81.7 Å². The van der Waals surface area contributed by atoms with E-state index in [9.17, 15) is 4.79 Å². The maximum Gasteiger partial charge on any atom is 0.276 e. The Hall–Kier alpha value is -3.17. The van der Waals surface area contributed by atoms with Crippen LogP contribution in [-0.2, 0) is 11.3 Å². The first-order chi connectivity index (χ1) is 17.5. The lowest BCUT2D eigenvalue weighted by Crippen LogP contribution is -2.35. The fraction of sp³-hybridized carbons (Fsp3) is 0.269. The second-order valence-corrected chi connectivity index (χ2v) is 9.41. The monoisotopic (exact) mass is 525 g/mol. The highest BCUT2D eigenvalue weighted by Crippen LogP contribution is 2.33. The first-order valence-corrected chi connectivity index (χ1v) is 12.4. The zero-order valence-corrected chi connectivity index (χ0v) is 21.1. The second-order valence-electron chi connectivity index (χ2n) is 8.60. The lowest BCUT2D eigenvalue weighted by atomic mass is 10.1. The van der Waals surface area contributed by atoms with Crippen LogP contribution in [0.4, 0.5) is 5.69 Å². The molecule has 10 heteroatoms. The van der Waals surface area contributed by atoms with Crippen LogP contribution in [-0.4, -0.2) is 52.3 Å². The molecule has 2 N–H and O–H groups in total. The van der Waals surface area contributed by atoms with Gasteiger partial charge in [-0.3, -0.25) is 19.8 Å². The summed E-state index contributed by atoms with van der Waals surface area (Å²) in [5.74, 6) is 0.245. The lowest BCUT2D eigenvalue weighted by molar-refractivity contribution is 0.0342. The minimum Gasteiger partial charge on any atom is -0.486 e.